The predicted molar refractivity (Wildman–Crippen MR) is 71.4 cm³/mol. The van der Waals surface area contributed by atoms with Crippen LogP contribution in [0.3, 0.4) is 0 Å². The lowest BCUT2D eigenvalue weighted by Crippen LogP contribution is -2.34. The highest BCUT2D eigenvalue weighted by atomic mass is 32.2. The van der Waals surface area contributed by atoms with Crippen molar-refractivity contribution in [1.82, 2.24) is 10.0 Å². The highest BCUT2D eigenvalue weighted by molar-refractivity contribution is 7.89. The number of rotatable bonds is 6. The third kappa shape index (κ3) is 4.77. The van der Waals surface area contributed by atoms with Crippen LogP contribution in [-0.2, 0) is 10.0 Å². The number of hydrogen-bond donors (Lipinski definition) is 2. The maximum atomic E-state index is 11.2. The zero-order valence-corrected chi connectivity index (χ0v) is 11.8. The van der Waals surface area contributed by atoms with Crippen molar-refractivity contribution in [3.05, 3.63) is 11.6 Å². The van der Waals surface area contributed by atoms with E-state index in [1.165, 1.54) is 25.5 Å². The second-order valence-electron chi connectivity index (χ2n) is 4.84. The maximum absolute atomic E-state index is 11.2. The molecule has 1 aliphatic rings. The highest BCUT2D eigenvalue weighted by Crippen LogP contribution is 2.29. The fourth-order valence-corrected chi connectivity index (χ4v) is 2.92. The molecule has 0 saturated heterocycles. The molecule has 100 valence electrons. The van der Waals surface area contributed by atoms with Gasteiger partial charge in [0.05, 0.1) is 5.75 Å². The summed E-state index contributed by atoms with van der Waals surface area (Å²) in [6, 6.07) is 0. The van der Waals surface area contributed by atoms with Gasteiger partial charge in [0.1, 0.15) is 0 Å². The van der Waals surface area contributed by atoms with E-state index in [1.54, 1.807) is 0 Å². The molecule has 0 saturated carbocycles. The van der Waals surface area contributed by atoms with E-state index in [9.17, 15) is 8.42 Å². The van der Waals surface area contributed by atoms with Gasteiger partial charge in [-0.25, -0.2) is 13.1 Å². The second-order valence-corrected chi connectivity index (χ2v) is 6.88. The van der Waals surface area contributed by atoms with Crippen LogP contribution in [0.25, 0.3) is 0 Å². The Balaban J connectivity index is 2.31. The van der Waals surface area contributed by atoms with E-state index in [0.717, 1.165) is 6.54 Å². The average molecular weight is 260 g/mol. The Kier molecular flexibility index (Phi) is 5.62. The maximum Gasteiger partial charge on any atom is 0.212 e. The third-order valence-corrected chi connectivity index (χ3v) is 4.95. The van der Waals surface area contributed by atoms with Gasteiger partial charge in [0, 0.05) is 13.1 Å². The van der Waals surface area contributed by atoms with Gasteiger partial charge in [0.25, 0.3) is 0 Å². The molecule has 0 heterocycles. The summed E-state index contributed by atoms with van der Waals surface area (Å²) in [5.41, 5.74) is 1.44. The summed E-state index contributed by atoms with van der Waals surface area (Å²) in [6.45, 7) is 5.84. The molecule has 0 spiro atoms. The Labute approximate surface area is 105 Å². The summed E-state index contributed by atoms with van der Waals surface area (Å²) in [5, 5.41) is 3.25. The molecule has 17 heavy (non-hydrogen) atoms. The van der Waals surface area contributed by atoms with E-state index in [2.05, 4.69) is 30.0 Å². The normalized spacial score (nSPS) is 25.7. The summed E-state index contributed by atoms with van der Waals surface area (Å²) >= 11 is 0. The molecule has 0 unspecified atom stereocenters. The first-order valence-corrected chi connectivity index (χ1v) is 7.90. The van der Waals surface area contributed by atoms with E-state index in [0.29, 0.717) is 18.4 Å². The van der Waals surface area contributed by atoms with Gasteiger partial charge in [0.2, 0.25) is 10.0 Å². The van der Waals surface area contributed by atoms with Crippen molar-refractivity contribution < 1.29 is 8.42 Å². The predicted octanol–water partition coefficient (Wildman–Crippen LogP) is 1.12. The lowest BCUT2D eigenvalue weighted by atomic mass is 9.80. The zero-order chi connectivity index (χ0) is 12.9. The first-order valence-electron chi connectivity index (χ1n) is 6.25. The minimum Gasteiger partial charge on any atom is -0.315 e. The molecule has 0 amide bonds. The highest BCUT2D eigenvalue weighted by Gasteiger charge is 2.21. The molecule has 0 aromatic rings. The van der Waals surface area contributed by atoms with E-state index in [4.69, 9.17) is 0 Å². The van der Waals surface area contributed by atoms with Gasteiger partial charge in [-0.3, -0.25) is 0 Å². The molecule has 1 aliphatic carbocycles. The summed E-state index contributed by atoms with van der Waals surface area (Å²) in [7, 11) is -1.63. The van der Waals surface area contributed by atoms with Crippen molar-refractivity contribution in [2.45, 2.75) is 26.7 Å². The topological polar surface area (TPSA) is 58.2 Å². The molecule has 1 rings (SSSR count). The largest absolute Gasteiger partial charge is 0.315 e. The number of hydrogen-bond acceptors (Lipinski definition) is 3. The summed E-state index contributed by atoms with van der Waals surface area (Å²) in [5.74, 6) is 1.39. The molecule has 2 atom stereocenters. The molecule has 0 aliphatic heterocycles. The number of nitrogens with one attached hydrogen (secondary N) is 2. The Hall–Kier alpha value is -0.390. The Morgan fingerprint density at radius 1 is 1.47 bits per heavy atom. The van der Waals surface area contributed by atoms with Crippen LogP contribution in [0.15, 0.2) is 11.6 Å². The molecular formula is C12H24N2O2S. The number of sulfonamides is 1. The van der Waals surface area contributed by atoms with Crippen LogP contribution in [0.4, 0.5) is 0 Å². The monoisotopic (exact) mass is 260 g/mol. The van der Waals surface area contributed by atoms with Crippen LogP contribution in [0.5, 0.6) is 0 Å². The minimum absolute atomic E-state index is 0.146. The van der Waals surface area contributed by atoms with Crippen LogP contribution >= 0.6 is 0 Å². The summed E-state index contributed by atoms with van der Waals surface area (Å²) < 4.78 is 24.8. The quantitative estimate of drug-likeness (QED) is 0.556. The molecule has 4 nitrogen and oxygen atoms in total. The Bertz CT molecular complexity index is 363. The van der Waals surface area contributed by atoms with Gasteiger partial charge >= 0.3 is 0 Å². The smallest absolute Gasteiger partial charge is 0.212 e. The van der Waals surface area contributed by atoms with E-state index in [1.807, 2.05) is 0 Å². The molecular weight excluding hydrogens is 236 g/mol. The Morgan fingerprint density at radius 3 is 2.76 bits per heavy atom. The SMILES string of the molecule is CNS(=O)(=O)CCNC[C@@H]1C(C)=CCC[C@H]1C. The van der Waals surface area contributed by atoms with Gasteiger partial charge in [0.15, 0.2) is 0 Å². The van der Waals surface area contributed by atoms with Gasteiger partial charge in [-0.2, -0.15) is 0 Å². The average Bonchev–Trinajstić information content (AvgIpc) is 2.27. The van der Waals surface area contributed by atoms with Crippen molar-refractivity contribution in [1.29, 1.82) is 0 Å². The van der Waals surface area contributed by atoms with Crippen LogP contribution < -0.4 is 10.0 Å². The summed E-state index contributed by atoms with van der Waals surface area (Å²) in [4.78, 5) is 0. The van der Waals surface area contributed by atoms with E-state index >= 15 is 0 Å². The molecule has 0 fully saturated rings. The lowest BCUT2D eigenvalue weighted by Gasteiger charge is -2.29. The molecule has 2 N–H and O–H groups in total. The van der Waals surface area contributed by atoms with Gasteiger partial charge < -0.3 is 5.32 Å². The van der Waals surface area contributed by atoms with Gasteiger partial charge in [-0.05, 0) is 38.6 Å². The Morgan fingerprint density at radius 2 is 2.18 bits per heavy atom. The second kappa shape index (κ2) is 6.52. The van der Waals surface area contributed by atoms with Crippen LogP contribution in [0, 0.1) is 11.8 Å². The van der Waals surface area contributed by atoms with Crippen molar-refractivity contribution in [2.75, 3.05) is 25.9 Å². The lowest BCUT2D eigenvalue weighted by molar-refractivity contribution is 0.353. The van der Waals surface area contributed by atoms with Crippen LogP contribution in [0.2, 0.25) is 0 Å². The summed E-state index contributed by atoms with van der Waals surface area (Å²) in [6.07, 6.45) is 4.72. The molecule has 0 aromatic carbocycles. The van der Waals surface area contributed by atoms with Crippen LogP contribution in [0.1, 0.15) is 26.7 Å². The van der Waals surface area contributed by atoms with E-state index < -0.39 is 10.0 Å². The number of allylic oxidation sites excluding steroid dienone is 1. The first kappa shape index (κ1) is 14.7. The fraction of sp³-hybridized carbons (Fsp3) is 0.833. The molecule has 0 bridgehead atoms. The van der Waals surface area contributed by atoms with Crippen molar-refractivity contribution in [3.8, 4) is 0 Å². The van der Waals surface area contributed by atoms with Crippen molar-refractivity contribution in [3.63, 3.8) is 0 Å². The zero-order valence-electron chi connectivity index (χ0n) is 11.0. The van der Waals surface area contributed by atoms with Gasteiger partial charge in [-0.15, -0.1) is 0 Å². The molecule has 5 heteroatoms. The van der Waals surface area contributed by atoms with Crippen LogP contribution in [-0.4, -0.2) is 34.3 Å². The van der Waals surface area contributed by atoms with Crippen molar-refractivity contribution >= 4 is 10.0 Å². The van der Waals surface area contributed by atoms with E-state index in [-0.39, 0.29) is 5.75 Å². The fourth-order valence-electron chi connectivity index (χ4n) is 2.30. The standard InChI is InChI=1S/C12H24N2O2S/c1-10-5-4-6-11(2)12(10)9-14-7-8-17(15,16)13-3/h5,11-14H,4,6-9H2,1-3H3/t11-,12-/m1/s1. The first-order chi connectivity index (χ1) is 7.96. The molecule has 0 radical (unpaired) electrons. The van der Waals surface area contributed by atoms with Crippen molar-refractivity contribution in [2.24, 2.45) is 11.8 Å². The third-order valence-electron chi connectivity index (χ3n) is 3.58. The van der Waals surface area contributed by atoms with Gasteiger partial charge in [-0.1, -0.05) is 18.6 Å². The minimum atomic E-state index is -3.08. The molecule has 0 aromatic heterocycles.